The van der Waals surface area contributed by atoms with Gasteiger partial charge in [0.1, 0.15) is 10.8 Å². The number of halogens is 1. The van der Waals surface area contributed by atoms with E-state index in [-0.39, 0.29) is 10.8 Å². The summed E-state index contributed by atoms with van der Waals surface area (Å²) in [6, 6.07) is 6.39. The molecule has 1 aromatic heterocycles. The lowest BCUT2D eigenvalue weighted by atomic mass is 10.1. The highest BCUT2D eigenvalue weighted by atomic mass is 32.1. The predicted molar refractivity (Wildman–Crippen MR) is 73.1 cm³/mol. The van der Waals surface area contributed by atoms with Crippen molar-refractivity contribution in [3.05, 3.63) is 52.6 Å². The van der Waals surface area contributed by atoms with Gasteiger partial charge in [0.15, 0.2) is 0 Å². The van der Waals surface area contributed by atoms with Crippen LogP contribution in [0.3, 0.4) is 0 Å². The third kappa shape index (κ3) is 2.56. The molecule has 18 heavy (non-hydrogen) atoms. The van der Waals surface area contributed by atoms with Crippen molar-refractivity contribution < 1.29 is 4.39 Å². The van der Waals surface area contributed by atoms with E-state index in [1.165, 1.54) is 12.1 Å². The van der Waals surface area contributed by atoms with Crippen molar-refractivity contribution in [2.24, 2.45) is 5.73 Å². The quantitative estimate of drug-likeness (QED) is 0.864. The molecule has 2 rings (SSSR count). The molecule has 0 spiro atoms. The summed E-state index contributed by atoms with van der Waals surface area (Å²) >= 11 is 4.97. The second-order valence-electron chi connectivity index (χ2n) is 4.25. The number of hydrogen-bond donors (Lipinski definition) is 1. The maximum Gasteiger partial charge on any atom is 0.123 e. The molecule has 5 heteroatoms. The molecule has 2 N–H and O–H groups in total. The zero-order valence-corrected chi connectivity index (χ0v) is 11.1. The van der Waals surface area contributed by atoms with Crippen LogP contribution in [-0.2, 0) is 6.54 Å². The fourth-order valence-corrected chi connectivity index (χ4v) is 2.13. The van der Waals surface area contributed by atoms with E-state index in [9.17, 15) is 4.39 Å². The van der Waals surface area contributed by atoms with Crippen molar-refractivity contribution in [3.8, 4) is 0 Å². The molecule has 0 fully saturated rings. The van der Waals surface area contributed by atoms with Gasteiger partial charge in [0.2, 0.25) is 0 Å². The van der Waals surface area contributed by atoms with Crippen molar-refractivity contribution in [3.63, 3.8) is 0 Å². The molecular formula is C13H14FN3S. The van der Waals surface area contributed by atoms with Crippen LogP contribution in [0.1, 0.15) is 22.5 Å². The highest BCUT2D eigenvalue weighted by Crippen LogP contribution is 2.14. The first-order valence-electron chi connectivity index (χ1n) is 5.56. The summed E-state index contributed by atoms with van der Waals surface area (Å²) in [7, 11) is 0. The molecule has 0 aliphatic rings. The van der Waals surface area contributed by atoms with Gasteiger partial charge in [0.25, 0.3) is 0 Å². The molecule has 0 aliphatic heterocycles. The van der Waals surface area contributed by atoms with Crippen LogP contribution < -0.4 is 5.73 Å². The molecule has 3 nitrogen and oxygen atoms in total. The SMILES string of the molecule is Cc1cc(C)n(Cc2cc(F)ccc2C(N)=S)n1. The van der Waals surface area contributed by atoms with Gasteiger partial charge in [-0.1, -0.05) is 12.2 Å². The monoisotopic (exact) mass is 263 g/mol. The van der Waals surface area contributed by atoms with E-state index in [1.807, 2.05) is 24.6 Å². The number of benzene rings is 1. The van der Waals surface area contributed by atoms with Gasteiger partial charge in [-0.3, -0.25) is 4.68 Å². The second kappa shape index (κ2) is 4.86. The van der Waals surface area contributed by atoms with E-state index in [2.05, 4.69) is 5.10 Å². The van der Waals surface area contributed by atoms with E-state index in [0.29, 0.717) is 12.1 Å². The molecule has 0 radical (unpaired) electrons. The Morgan fingerprint density at radius 2 is 2.11 bits per heavy atom. The van der Waals surface area contributed by atoms with Crippen LogP contribution in [0.15, 0.2) is 24.3 Å². The lowest BCUT2D eigenvalue weighted by Crippen LogP contribution is -2.15. The Kier molecular flexibility index (Phi) is 3.43. The molecule has 0 aliphatic carbocycles. The lowest BCUT2D eigenvalue weighted by Gasteiger charge is -2.10. The fourth-order valence-electron chi connectivity index (χ4n) is 1.93. The van der Waals surface area contributed by atoms with Crippen molar-refractivity contribution in [2.75, 3.05) is 0 Å². The van der Waals surface area contributed by atoms with Crippen LogP contribution in [0.2, 0.25) is 0 Å². The molecule has 0 unspecified atom stereocenters. The minimum Gasteiger partial charge on any atom is -0.389 e. The van der Waals surface area contributed by atoms with Crippen LogP contribution in [-0.4, -0.2) is 14.8 Å². The summed E-state index contributed by atoms with van der Waals surface area (Å²) < 4.78 is 15.1. The summed E-state index contributed by atoms with van der Waals surface area (Å²) in [6.45, 7) is 4.34. The van der Waals surface area contributed by atoms with Crippen LogP contribution in [0, 0.1) is 19.7 Å². The van der Waals surface area contributed by atoms with Crippen LogP contribution in [0.25, 0.3) is 0 Å². The summed E-state index contributed by atoms with van der Waals surface area (Å²) in [5.41, 5.74) is 9.03. The molecule has 1 aromatic carbocycles. The van der Waals surface area contributed by atoms with E-state index in [4.69, 9.17) is 18.0 Å². The number of hydrogen-bond acceptors (Lipinski definition) is 2. The Balaban J connectivity index is 2.42. The lowest BCUT2D eigenvalue weighted by molar-refractivity contribution is 0.615. The van der Waals surface area contributed by atoms with Crippen molar-refractivity contribution in [1.29, 1.82) is 0 Å². The summed E-state index contributed by atoms with van der Waals surface area (Å²) in [4.78, 5) is 0.270. The van der Waals surface area contributed by atoms with Crippen molar-refractivity contribution in [2.45, 2.75) is 20.4 Å². The van der Waals surface area contributed by atoms with Gasteiger partial charge in [0.05, 0.1) is 12.2 Å². The summed E-state index contributed by atoms with van der Waals surface area (Å²) in [5, 5.41) is 4.35. The number of thiocarbonyl (C=S) groups is 1. The smallest absolute Gasteiger partial charge is 0.123 e. The predicted octanol–water partition coefficient (Wildman–Crippen LogP) is 2.32. The molecule has 1 heterocycles. The van der Waals surface area contributed by atoms with E-state index < -0.39 is 0 Å². The Bertz CT molecular complexity index is 604. The second-order valence-corrected chi connectivity index (χ2v) is 4.69. The molecule has 0 saturated heterocycles. The Morgan fingerprint density at radius 3 is 2.67 bits per heavy atom. The van der Waals surface area contributed by atoms with Crippen molar-refractivity contribution >= 4 is 17.2 Å². The number of aromatic nitrogens is 2. The summed E-state index contributed by atoms with van der Waals surface area (Å²) in [5.74, 6) is -0.300. The average molecular weight is 263 g/mol. The number of nitrogens with two attached hydrogens (primary N) is 1. The van der Waals surface area contributed by atoms with Gasteiger partial charge in [-0.2, -0.15) is 5.10 Å². The summed E-state index contributed by atoms with van der Waals surface area (Å²) in [6.07, 6.45) is 0. The minimum atomic E-state index is -0.300. The highest BCUT2D eigenvalue weighted by Gasteiger charge is 2.09. The zero-order chi connectivity index (χ0) is 13.3. The number of aryl methyl sites for hydroxylation is 2. The molecule has 0 bridgehead atoms. The van der Waals surface area contributed by atoms with E-state index >= 15 is 0 Å². The number of rotatable bonds is 3. The maximum atomic E-state index is 13.3. The largest absolute Gasteiger partial charge is 0.389 e. The molecule has 94 valence electrons. The van der Waals surface area contributed by atoms with Gasteiger partial charge in [-0.05, 0) is 43.7 Å². The molecule has 0 amide bonds. The van der Waals surface area contributed by atoms with Crippen LogP contribution in [0.4, 0.5) is 4.39 Å². The highest BCUT2D eigenvalue weighted by molar-refractivity contribution is 7.80. The first-order valence-corrected chi connectivity index (χ1v) is 5.97. The van der Waals surface area contributed by atoms with E-state index in [1.54, 1.807) is 6.07 Å². The van der Waals surface area contributed by atoms with Gasteiger partial charge < -0.3 is 5.73 Å². The minimum absolute atomic E-state index is 0.270. The average Bonchev–Trinajstić information content (AvgIpc) is 2.57. The van der Waals surface area contributed by atoms with Crippen molar-refractivity contribution in [1.82, 2.24) is 9.78 Å². The van der Waals surface area contributed by atoms with Gasteiger partial charge in [0, 0.05) is 11.3 Å². The van der Waals surface area contributed by atoms with Gasteiger partial charge in [-0.15, -0.1) is 0 Å². The Labute approximate surface area is 110 Å². The molecule has 0 saturated carbocycles. The first-order chi connectivity index (χ1) is 8.47. The molecule has 0 atom stereocenters. The van der Waals surface area contributed by atoms with E-state index in [0.717, 1.165) is 17.0 Å². The fraction of sp³-hybridized carbons (Fsp3) is 0.231. The first kappa shape index (κ1) is 12.7. The normalized spacial score (nSPS) is 10.6. The zero-order valence-electron chi connectivity index (χ0n) is 10.3. The Hall–Kier alpha value is -1.75. The van der Waals surface area contributed by atoms with Crippen LogP contribution >= 0.6 is 12.2 Å². The third-order valence-corrected chi connectivity index (χ3v) is 2.98. The van der Waals surface area contributed by atoms with Gasteiger partial charge in [-0.25, -0.2) is 4.39 Å². The maximum absolute atomic E-state index is 13.3. The topological polar surface area (TPSA) is 43.8 Å². The standard InChI is InChI=1S/C13H14FN3S/c1-8-5-9(2)17(16-8)7-10-6-11(14)3-4-12(10)13(15)18/h3-6H,7H2,1-2H3,(H2,15,18). The molecule has 2 aromatic rings. The number of nitrogens with zero attached hydrogens (tertiary/aromatic N) is 2. The van der Waals surface area contributed by atoms with Crippen LogP contribution in [0.5, 0.6) is 0 Å². The van der Waals surface area contributed by atoms with Gasteiger partial charge >= 0.3 is 0 Å². The third-order valence-electron chi connectivity index (χ3n) is 2.76. The Morgan fingerprint density at radius 1 is 1.39 bits per heavy atom. The molecular weight excluding hydrogens is 249 g/mol.